The van der Waals surface area contributed by atoms with E-state index in [0.29, 0.717) is 13.1 Å². The highest BCUT2D eigenvalue weighted by Gasteiger charge is 2.21. The maximum absolute atomic E-state index is 12.1. The fourth-order valence-electron chi connectivity index (χ4n) is 0.667. The van der Waals surface area contributed by atoms with E-state index in [1.165, 1.54) is 0 Å². The van der Waals surface area contributed by atoms with Crippen molar-refractivity contribution in [1.82, 2.24) is 5.32 Å². The normalized spacial score (nSPS) is 32.7. The third-order valence-corrected chi connectivity index (χ3v) is 1.18. The summed E-state index contributed by atoms with van der Waals surface area (Å²) in [5.41, 5.74) is 5.24. The van der Waals surface area contributed by atoms with Crippen LogP contribution in [0.25, 0.3) is 0 Å². The molecule has 5 heteroatoms. The second-order valence-corrected chi connectivity index (χ2v) is 1.84. The number of hydrogen-bond acceptors (Lipinski definition) is 2. The van der Waals surface area contributed by atoms with Gasteiger partial charge in [-0.2, -0.15) is 0 Å². The number of rotatable bonds is 0. The van der Waals surface area contributed by atoms with Crippen LogP contribution in [0.4, 0.5) is 4.39 Å². The maximum atomic E-state index is 12.1. The summed E-state index contributed by atoms with van der Waals surface area (Å²) in [6, 6.07) is -0.264. The summed E-state index contributed by atoms with van der Waals surface area (Å²) in [5, 5.41) is 2.82. The minimum absolute atomic E-state index is 0. The second kappa shape index (κ2) is 5.23. The largest absolute Gasteiger partial charge is 0.324 e. The molecule has 1 aliphatic rings. The summed E-state index contributed by atoms with van der Waals surface area (Å²) in [5.74, 6) is 0. The van der Waals surface area contributed by atoms with Crippen LogP contribution in [0.1, 0.15) is 0 Å². The first kappa shape index (κ1) is 12.1. The molecule has 0 aromatic rings. The van der Waals surface area contributed by atoms with Gasteiger partial charge in [-0.1, -0.05) is 0 Å². The number of hydrogen-bond donors (Lipinski definition) is 2. The molecule has 0 saturated carbocycles. The first-order valence-corrected chi connectivity index (χ1v) is 2.41. The second-order valence-electron chi connectivity index (χ2n) is 1.84. The summed E-state index contributed by atoms with van der Waals surface area (Å²) in [4.78, 5) is 0. The summed E-state index contributed by atoms with van der Waals surface area (Å²) in [7, 11) is 0. The van der Waals surface area contributed by atoms with Crippen LogP contribution >= 0.6 is 24.8 Å². The van der Waals surface area contributed by atoms with Gasteiger partial charge < -0.3 is 11.1 Å². The van der Waals surface area contributed by atoms with Crippen molar-refractivity contribution in [3.05, 3.63) is 0 Å². The molecule has 0 bridgehead atoms. The lowest BCUT2D eigenvalue weighted by Crippen LogP contribution is -2.29. The first-order valence-electron chi connectivity index (χ1n) is 2.41. The van der Waals surface area contributed by atoms with Crippen molar-refractivity contribution < 1.29 is 4.39 Å². The maximum Gasteiger partial charge on any atom is 0.129 e. The lowest BCUT2D eigenvalue weighted by molar-refractivity contribution is 0.332. The highest BCUT2D eigenvalue weighted by molar-refractivity contribution is 5.85. The Kier molecular flexibility index (Phi) is 7.06. The number of nitrogens with two attached hydrogens (primary N) is 1. The van der Waals surface area contributed by atoms with E-state index in [4.69, 9.17) is 5.73 Å². The SMILES string of the molecule is Cl.Cl.N[C@H]1CNC[C@H]1F. The van der Waals surface area contributed by atoms with Gasteiger partial charge in [0.1, 0.15) is 6.17 Å². The highest BCUT2D eigenvalue weighted by Crippen LogP contribution is 1.99. The molecular formula is C4H11Cl2FN2. The van der Waals surface area contributed by atoms with Gasteiger partial charge in [-0.25, -0.2) is 4.39 Å². The molecule has 58 valence electrons. The predicted octanol–water partition coefficient (Wildman–Crippen LogP) is 0.0986. The van der Waals surface area contributed by atoms with Crippen LogP contribution in [0.15, 0.2) is 0 Å². The van der Waals surface area contributed by atoms with Crippen LogP contribution < -0.4 is 11.1 Å². The number of alkyl halides is 1. The first-order chi connectivity index (χ1) is 3.30. The summed E-state index contributed by atoms with van der Waals surface area (Å²) in [6.45, 7) is 1.06. The molecule has 9 heavy (non-hydrogen) atoms. The van der Waals surface area contributed by atoms with Crippen LogP contribution in [0.3, 0.4) is 0 Å². The van der Waals surface area contributed by atoms with Crippen molar-refractivity contribution in [2.24, 2.45) is 5.73 Å². The van der Waals surface area contributed by atoms with Gasteiger partial charge in [-0.05, 0) is 0 Å². The zero-order valence-electron chi connectivity index (χ0n) is 4.84. The van der Waals surface area contributed by atoms with Crippen molar-refractivity contribution in [1.29, 1.82) is 0 Å². The Labute approximate surface area is 66.2 Å². The molecule has 1 saturated heterocycles. The van der Waals surface area contributed by atoms with E-state index in [-0.39, 0.29) is 30.9 Å². The zero-order chi connectivity index (χ0) is 5.28. The van der Waals surface area contributed by atoms with Gasteiger partial charge in [0.05, 0.1) is 0 Å². The van der Waals surface area contributed by atoms with Crippen LogP contribution in [0.2, 0.25) is 0 Å². The van der Waals surface area contributed by atoms with Crippen molar-refractivity contribution in [2.75, 3.05) is 13.1 Å². The lowest BCUT2D eigenvalue weighted by Gasteiger charge is -1.99. The van der Waals surface area contributed by atoms with Crippen LogP contribution in [-0.2, 0) is 0 Å². The highest BCUT2D eigenvalue weighted by atomic mass is 35.5. The fourth-order valence-corrected chi connectivity index (χ4v) is 0.667. The van der Waals surface area contributed by atoms with Gasteiger partial charge in [-0.3, -0.25) is 0 Å². The minimum Gasteiger partial charge on any atom is -0.324 e. The Morgan fingerprint density at radius 2 is 1.89 bits per heavy atom. The molecular weight excluding hydrogens is 166 g/mol. The third kappa shape index (κ3) is 3.20. The molecule has 2 nitrogen and oxygen atoms in total. The van der Waals surface area contributed by atoms with Gasteiger partial charge in [0.2, 0.25) is 0 Å². The van der Waals surface area contributed by atoms with Crippen molar-refractivity contribution in [3.8, 4) is 0 Å². The van der Waals surface area contributed by atoms with Gasteiger partial charge in [0, 0.05) is 19.1 Å². The molecule has 2 atom stereocenters. The number of nitrogens with one attached hydrogen (secondary N) is 1. The third-order valence-electron chi connectivity index (χ3n) is 1.18. The minimum atomic E-state index is -0.819. The molecule has 1 rings (SSSR count). The van der Waals surface area contributed by atoms with E-state index in [0.717, 1.165) is 0 Å². The van der Waals surface area contributed by atoms with Gasteiger partial charge >= 0.3 is 0 Å². The Bertz CT molecular complexity index is 65.6. The van der Waals surface area contributed by atoms with Crippen LogP contribution in [-0.4, -0.2) is 25.3 Å². The molecule has 0 spiro atoms. The Hall–Kier alpha value is 0.430. The van der Waals surface area contributed by atoms with Gasteiger partial charge in [-0.15, -0.1) is 24.8 Å². The lowest BCUT2D eigenvalue weighted by atomic mass is 10.3. The van der Waals surface area contributed by atoms with E-state index in [2.05, 4.69) is 5.32 Å². The van der Waals surface area contributed by atoms with E-state index in [1.807, 2.05) is 0 Å². The molecule has 0 radical (unpaired) electrons. The van der Waals surface area contributed by atoms with Gasteiger partial charge in [0.15, 0.2) is 0 Å². The smallest absolute Gasteiger partial charge is 0.129 e. The number of halogens is 3. The molecule has 0 aromatic carbocycles. The monoisotopic (exact) mass is 176 g/mol. The molecule has 0 amide bonds. The Morgan fingerprint density at radius 1 is 1.33 bits per heavy atom. The van der Waals surface area contributed by atoms with E-state index in [9.17, 15) is 4.39 Å². The topological polar surface area (TPSA) is 38.0 Å². The standard InChI is InChI=1S/C4H9FN2.2ClH/c5-3-1-7-2-4(3)6;;/h3-4,7H,1-2,6H2;2*1H/t3-,4+;;/m1../s1. The molecule has 0 aliphatic carbocycles. The Morgan fingerprint density at radius 3 is 2.00 bits per heavy atom. The molecule has 0 aromatic heterocycles. The van der Waals surface area contributed by atoms with Crippen molar-refractivity contribution in [2.45, 2.75) is 12.2 Å². The molecule has 1 heterocycles. The summed E-state index contributed by atoms with van der Waals surface area (Å²) >= 11 is 0. The predicted molar refractivity (Wildman–Crippen MR) is 40.2 cm³/mol. The molecule has 1 aliphatic heterocycles. The van der Waals surface area contributed by atoms with Crippen LogP contribution in [0.5, 0.6) is 0 Å². The van der Waals surface area contributed by atoms with Crippen molar-refractivity contribution >= 4 is 24.8 Å². The fraction of sp³-hybridized carbons (Fsp3) is 1.00. The van der Waals surface area contributed by atoms with Crippen molar-refractivity contribution in [3.63, 3.8) is 0 Å². The van der Waals surface area contributed by atoms with Gasteiger partial charge in [0.25, 0.3) is 0 Å². The Balaban J connectivity index is 0. The van der Waals surface area contributed by atoms with E-state index in [1.54, 1.807) is 0 Å². The molecule has 1 fully saturated rings. The summed E-state index contributed by atoms with van der Waals surface area (Å²) in [6.07, 6.45) is -0.819. The molecule has 0 unspecified atom stereocenters. The average molecular weight is 177 g/mol. The van der Waals surface area contributed by atoms with E-state index >= 15 is 0 Å². The summed E-state index contributed by atoms with van der Waals surface area (Å²) < 4.78 is 12.1. The zero-order valence-corrected chi connectivity index (χ0v) is 6.47. The quantitative estimate of drug-likeness (QED) is 0.550. The molecule has 3 N–H and O–H groups in total. The average Bonchev–Trinajstić information content (AvgIpc) is 1.91. The van der Waals surface area contributed by atoms with E-state index < -0.39 is 6.17 Å². The van der Waals surface area contributed by atoms with Crippen LogP contribution in [0, 0.1) is 0 Å².